The molecule has 21 heavy (non-hydrogen) atoms. The number of nitriles is 1. The Labute approximate surface area is 121 Å². The third kappa shape index (κ3) is 2.41. The zero-order chi connectivity index (χ0) is 14.8. The van der Waals surface area contributed by atoms with Crippen molar-refractivity contribution >= 4 is 0 Å². The average molecular weight is 277 g/mol. The van der Waals surface area contributed by atoms with Crippen LogP contribution >= 0.6 is 0 Å². The van der Waals surface area contributed by atoms with Crippen LogP contribution in [0, 0.1) is 24.1 Å². The molecule has 1 aromatic heterocycles. The van der Waals surface area contributed by atoms with Crippen LogP contribution in [0.25, 0.3) is 16.9 Å². The molecule has 3 aromatic rings. The molecule has 1 heterocycles. The Hall–Kier alpha value is -2.93. The van der Waals surface area contributed by atoms with Crippen molar-refractivity contribution in [1.29, 1.82) is 5.26 Å². The minimum Gasteiger partial charge on any atom is -0.230 e. The van der Waals surface area contributed by atoms with Gasteiger partial charge < -0.3 is 0 Å². The molecule has 0 amide bonds. The van der Waals surface area contributed by atoms with E-state index < -0.39 is 5.82 Å². The van der Waals surface area contributed by atoms with Crippen LogP contribution in [-0.4, -0.2) is 9.78 Å². The van der Waals surface area contributed by atoms with Gasteiger partial charge in [0, 0.05) is 5.56 Å². The number of hydrogen-bond donors (Lipinski definition) is 0. The standard InChI is InChI=1S/C17H12FN3/c1-12-9-17(14-5-3-2-4-6-14)21(20-12)16-8-7-13(11-19)10-15(16)18/h2-10H,1H3. The van der Waals surface area contributed by atoms with E-state index in [1.54, 1.807) is 16.8 Å². The molecule has 0 N–H and O–H groups in total. The van der Waals surface area contributed by atoms with Gasteiger partial charge in [0.15, 0.2) is 0 Å². The molecule has 0 fully saturated rings. The van der Waals surface area contributed by atoms with Crippen LogP contribution < -0.4 is 0 Å². The second-order valence-electron chi connectivity index (χ2n) is 4.73. The first-order valence-corrected chi connectivity index (χ1v) is 6.51. The lowest BCUT2D eigenvalue weighted by atomic mass is 10.1. The van der Waals surface area contributed by atoms with Gasteiger partial charge in [-0.05, 0) is 31.2 Å². The van der Waals surface area contributed by atoms with Crippen LogP contribution in [-0.2, 0) is 0 Å². The first kappa shape index (κ1) is 13.1. The maximum Gasteiger partial charge on any atom is 0.150 e. The van der Waals surface area contributed by atoms with Gasteiger partial charge in [0.05, 0.1) is 23.0 Å². The third-order valence-electron chi connectivity index (χ3n) is 3.21. The highest BCUT2D eigenvalue weighted by Crippen LogP contribution is 2.25. The molecule has 0 aliphatic rings. The quantitative estimate of drug-likeness (QED) is 0.713. The number of aryl methyl sites for hydroxylation is 1. The van der Waals surface area contributed by atoms with Gasteiger partial charge in [-0.2, -0.15) is 10.4 Å². The molecule has 4 heteroatoms. The Kier molecular flexibility index (Phi) is 3.25. The predicted molar refractivity (Wildman–Crippen MR) is 78.4 cm³/mol. The van der Waals surface area contributed by atoms with E-state index in [4.69, 9.17) is 5.26 Å². The van der Waals surface area contributed by atoms with Gasteiger partial charge in [-0.25, -0.2) is 9.07 Å². The molecule has 0 saturated heterocycles. The van der Waals surface area contributed by atoms with E-state index in [2.05, 4.69) is 5.10 Å². The molecule has 0 spiro atoms. The van der Waals surface area contributed by atoms with E-state index in [-0.39, 0.29) is 0 Å². The van der Waals surface area contributed by atoms with Crippen LogP contribution in [0.5, 0.6) is 0 Å². The van der Waals surface area contributed by atoms with Crippen molar-refractivity contribution in [2.75, 3.05) is 0 Å². The summed E-state index contributed by atoms with van der Waals surface area (Å²) in [5.74, 6) is -0.464. The van der Waals surface area contributed by atoms with Crippen molar-refractivity contribution < 1.29 is 4.39 Å². The van der Waals surface area contributed by atoms with Gasteiger partial charge in [0.2, 0.25) is 0 Å². The summed E-state index contributed by atoms with van der Waals surface area (Å²) in [4.78, 5) is 0. The van der Waals surface area contributed by atoms with E-state index in [1.165, 1.54) is 6.07 Å². The second kappa shape index (κ2) is 5.22. The topological polar surface area (TPSA) is 41.6 Å². The van der Waals surface area contributed by atoms with Gasteiger partial charge >= 0.3 is 0 Å². The summed E-state index contributed by atoms with van der Waals surface area (Å²) >= 11 is 0. The van der Waals surface area contributed by atoms with Crippen molar-refractivity contribution in [3.05, 3.63) is 71.7 Å². The minimum atomic E-state index is -0.464. The molecular weight excluding hydrogens is 265 g/mol. The molecule has 0 saturated carbocycles. The summed E-state index contributed by atoms with van der Waals surface area (Å²) < 4.78 is 15.8. The number of halogens is 1. The Bertz CT molecular complexity index is 829. The fraction of sp³-hybridized carbons (Fsp3) is 0.0588. The largest absolute Gasteiger partial charge is 0.230 e. The van der Waals surface area contributed by atoms with E-state index in [0.717, 1.165) is 17.0 Å². The van der Waals surface area contributed by atoms with E-state index in [9.17, 15) is 4.39 Å². The molecule has 0 unspecified atom stereocenters. The maximum atomic E-state index is 14.2. The minimum absolute atomic E-state index is 0.293. The highest BCUT2D eigenvalue weighted by Gasteiger charge is 2.13. The summed E-state index contributed by atoms with van der Waals surface area (Å²) in [6.45, 7) is 1.87. The maximum absolute atomic E-state index is 14.2. The number of aromatic nitrogens is 2. The number of hydrogen-bond acceptors (Lipinski definition) is 2. The van der Waals surface area contributed by atoms with Crippen molar-refractivity contribution in [1.82, 2.24) is 9.78 Å². The van der Waals surface area contributed by atoms with Gasteiger partial charge in [-0.1, -0.05) is 30.3 Å². The fourth-order valence-corrected chi connectivity index (χ4v) is 2.25. The van der Waals surface area contributed by atoms with Crippen LogP contribution in [0.3, 0.4) is 0 Å². The number of benzene rings is 2. The van der Waals surface area contributed by atoms with Crippen LogP contribution in [0.15, 0.2) is 54.6 Å². The van der Waals surface area contributed by atoms with Crippen LogP contribution in [0.4, 0.5) is 4.39 Å². The van der Waals surface area contributed by atoms with Crippen LogP contribution in [0.2, 0.25) is 0 Å². The molecule has 0 aliphatic heterocycles. The fourth-order valence-electron chi connectivity index (χ4n) is 2.25. The highest BCUT2D eigenvalue weighted by atomic mass is 19.1. The zero-order valence-corrected chi connectivity index (χ0v) is 11.4. The molecule has 3 nitrogen and oxygen atoms in total. The van der Waals surface area contributed by atoms with Gasteiger partial charge in [0.25, 0.3) is 0 Å². The third-order valence-corrected chi connectivity index (χ3v) is 3.21. The van der Waals surface area contributed by atoms with Crippen molar-refractivity contribution in [2.45, 2.75) is 6.92 Å². The lowest BCUT2D eigenvalue weighted by Crippen LogP contribution is -2.02. The van der Waals surface area contributed by atoms with Crippen molar-refractivity contribution in [3.63, 3.8) is 0 Å². The molecule has 102 valence electrons. The summed E-state index contributed by atoms with van der Waals surface area (Å²) in [7, 11) is 0. The molecule has 0 aliphatic carbocycles. The number of nitrogens with zero attached hydrogens (tertiary/aromatic N) is 3. The first-order chi connectivity index (χ1) is 10.2. The molecule has 0 radical (unpaired) electrons. The normalized spacial score (nSPS) is 10.3. The monoisotopic (exact) mass is 277 g/mol. The summed E-state index contributed by atoms with van der Waals surface area (Å²) in [5.41, 5.74) is 3.21. The Balaban J connectivity index is 2.18. The van der Waals surface area contributed by atoms with E-state index in [0.29, 0.717) is 11.3 Å². The molecular formula is C17H12FN3. The Morgan fingerprint density at radius 1 is 1.10 bits per heavy atom. The summed E-state index contributed by atoms with van der Waals surface area (Å²) in [5, 5.41) is 13.2. The first-order valence-electron chi connectivity index (χ1n) is 6.51. The van der Waals surface area contributed by atoms with Crippen molar-refractivity contribution in [3.8, 4) is 23.0 Å². The molecule has 0 atom stereocenters. The summed E-state index contributed by atoms with van der Waals surface area (Å²) in [6, 6.07) is 17.9. The Morgan fingerprint density at radius 3 is 2.52 bits per heavy atom. The predicted octanol–water partition coefficient (Wildman–Crippen LogP) is 3.86. The SMILES string of the molecule is Cc1cc(-c2ccccc2)n(-c2ccc(C#N)cc2F)n1. The average Bonchev–Trinajstić information content (AvgIpc) is 2.89. The zero-order valence-electron chi connectivity index (χ0n) is 11.4. The molecule has 3 rings (SSSR count). The summed E-state index contributed by atoms with van der Waals surface area (Å²) in [6.07, 6.45) is 0. The smallest absolute Gasteiger partial charge is 0.150 e. The van der Waals surface area contributed by atoms with Gasteiger partial charge in [-0.15, -0.1) is 0 Å². The lowest BCUT2D eigenvalue weighted by Gasteiger charge is -2.08. The van der Waals surface area contributed by atoms with E-state index in [1.807, 2.05) is 49.4 Å². The Morgan fingerprint density at radius 2 is 1.86 bits per heavy atom. The molecule has 0 bridgehead atoms. The van der Waals surface area contributed by atoms with Gasteiger partial charge in [-0.3, -0.25) is 0 Å². The van der Waals surface area contributed by atoms with Crippen LogP contribution in [0.1, 0.15) is 11.3 Å². The number of rotatable bonds is 2. The molecule has 2 aromatic carbocycles. The van der Waals surface area contributed by atoms with E-state index >= 15 is 0 Å². The second-order valence-corrected chi connectivity index (χ2v) is 4.73. The van der Waals surface area contributed by atoms with Gasteiger partial charge in [0.1, 0.15) is 11.5 Å². The highest BCUT2D eigenvalue weighted by molar-refractivity contribution is 5.62. The van der Waals surface area contributed by atoms with Crippen molar-refractivity contribution in [2.24, 2.45) is 0 Å². The lowest BCUT2D eigenvalue weighted by molar-refractivity contribution is 0.610.